The summed E-state index contributed by atoms with van der Waals surface area (Å²) in [6.45, 7) is 4.00. The van der Waals surface area contributed by atoms with Crippen molar-refractivity contribution < 1.29 is 4.79 Å². The summed E-state index contributed by atoms with van der Waals surface area (Å²) in [6, 6.07) is 9.29. The average Bonchev–Trinajstić information content (AvgIpc) is 2.11. The minimum atomic E-state index is 0. The number of nitrogens with one attached hydrogen (secondary N) is 1. The molecule has 0 aliphatic heterocycles. The molecule has 1 amide bonds. The predicted molar refractivity (Wildman–Crippen MR) is 54.2 cm³/mol. The zero-order valence-electron chi connectivity index (χ0n) is 6.87. The maximum atomic E-state index is 9.86. The van der Waals surface area contributed by atoms with Crippen molar-refractivity contribution in [2.24, 2.45) is 0 Å². The third-order valence-corrected chi connectivity index (χ3v) is 0.999. The highest BCUT2D eigenvalue weighted by Crippen LogP contribution is 2.01. The van der Waals surface area contributed by atoms with Crippen LogP contribution in [-0.2, 0) is 4.79 Å². The molecule has 0 spiro atoms. The molecule has 12 heavy (non-hydrogen) atoms. The molecule has 68 valence electrons. The number of hydrogen-bond donors (Lipinski definition) is 1. The van der Waals surface area contributed by atoms with E-state index in [9.17, 15) is 4.79 Å². The molecule has 0 aliphatic rings. The van der Waals surface area contributed by atoms with Crippen LogP contribution in [0.5, 0.6) is 0 Å². The first kappa shape index (κ1) is 13.3. The number of anilines is 1. The maximum Gasteiger partial charge on any atom is 0.211 e. The molecule has 0 fully saturated rings. The summed E-state index contributed by atoms with van der Waals surface area (Å²) < 4.78 is 0. The van der Waals surface area contributed by atoms with E-state index in [0.29, 0.717) is 6.41 Å². The van der Waals surface area contributed by atoms with E-state index in [1.165, 1.54) is 0 Å². The highest BCUT2D eigenvalue weighted by molar-refractivity contribution is 5.70. The number of benzene rings is 1. The minimum Gasteiger partial charge on any atom is -0.329 e. The lowest BCUT2D eigenvalue weighted by molar-refractivity contribution is -0.105. The Balaban J connectivity index is 0. The van der Waals surface area contributed by atoms with E-state index in [2.05, 4.69) is 5.32 Å². The van der Waals surface area contributed by atoms with Crippen molar-refractivity contribution in [3.05, 3.63) is 30.3 Å². The van der Waals surface area contributed by atoms with Gasteiger partial charge in [-0.25, -0.2) is 0 Å². The van der Waals surface area contributed by atoms with Crippen LogP contribution < -0.4 is 5.32 Å². The fraction of sp³-hybridized carbons (Fsp3) is 0.300. The van der Waals surface area contributed by atoms with Crippen LogP contribution in [0, 0.1) is 0 Å². The quantitative estimate of drug-likeness (QED) is 0.674. The molecule has 1 aromatic rings. The fourth-order valence-electron chi connectivity index (χ4n) is 0.602. The van der Waals surface area contributed by atoms with E-state index in [4.69, 9.17) is 0 Å². The molecule has 0 unspecified atom stereocenters. The minimum absolute atomic E-state index is 0. The standard InChI is InChI=1S/C7H7NO.C2H6.CH4/c9-6-8-7-4-2-1-3-5-7;1-2;/h1-6H,(H,8,9);1-2H3;1H4. The Labute approximate surface area is 74.6 Å². The van der Waals surface area contributed by atoms with E-state index >= 15 is 0 Å². The molecule has 1 aromatic carbocycles. The summed E-state index contributed by atoms with van der Waals surface area (Å²) in [5.41, 5.74) is 0.826. The van der Waals surface area contributed by atoms with Crippen LogP contribution in [0.25, 0.3) is 0 Å². The first-order valence-electron chi connectivity index (χ1n) is 3.69. The molecule has 0 atom stereocenters. The lowest BCUT2D eigenvalue weighted by Gasteiger charge is -1.93. The van der Waals surface area contributed by atoms with Crippen molar-refractivity contribution in [3.8, 4) is 0 Å². The van der Waals surface area contributed by atoms with Gasteiger partial charge in [-0.2, -0.15) is 0 Å². The van der Waals surface area contributed by atoms with Crippen molar-refractivity contribution >= 4 is 12.1 Å². The second-order valence-electron chi connectivity index (χ2n) is 1.63. The lowest BCUT2D eigenvalue weighted by Crippen LogP contribution is -1.91. The Hall–Kier alpha value is -1.31. The van der Waals surface area contributed by atoms with Crippen LogP contribution in [0.3, 0.4) is 0 Å². The van der Waals surface area contributed by atoms with E-state index in [1.807, 2.05) is 44.2 Å². The van der Waals surface area contributed by atoms with Crippen LogP contribution >= 0.6 is 0 Å². The molecular formula is C10H17NO. The summed E-state index contributed by atoms with van der Waals surface area (Å²) in [7, 11) is 0. The molecule has 0 heterocycles. The summed E-state index contributed by atoms with van der Waals surface area (Å²) in [5, 5.41) is 2.53. The summed E-state index contributed by atoms with van der Waals surface area (Å²) >= 11 is 0. The van der Waals surface area contributed by atoms with Crippen LogP contribution in [0.1, 0.15) is 21.3 Å². The van der Waals surface area contributed by atoms with Crippen LogP contribution in [-0.4, -0.2) is 6.41 Å². The van der Waals surface area contributed by atoms with Crippen molar-refractivity contribution in [3.63, 3.8) is 0 Å². The van der Waals surface area contributed by atoms with E-state index in [0.717, 1.165) is 5.69 Å². The van der Waals surface area contributed by atoms with Gasteiger partial charge in [0.2, 0.25) is 6.41 Å². The van der Waals surface area contributed by atoms with Crippen molar-refractivity contribution in [2.75, 3.05) is 5.32 Å². The third kappa shape index (κ3) is 5.47. The van der Waals surface area contributed by atoms with E-state index in [-0.39, 0.29) is 7.43 Å². The number of amides is 1. The van der Waals surface area contributed by atoms with Crippen molar-refractivity contribution in [2.45, 2.75) is 21.3 Å². The van der Waals surface area contributed by atoms with Crippen molar-refractivity contribution in [1.82, 2.24) is 0 Å². The van der Waals surface area contributed by atoms with E-state index in [1.54, 1.807) is 0 Å². The molecule has 0 aliphatic carbocycles. The van der Waals surface area contributed by atoms with Gasteiger partial charge in [-0.3, -0.25) is 4.79 Å². The normalized spacial score (nSPS) is 6.83. The fourth-order valence-corrected chi connectivity index (χ4v) is 0.602. The molecule has 2 heteroatoms. The Morgan fingerprint density at radius 1 is 1.17 bits per heavy atom. The summed E-state index contributed by atoms with van der Waals surface area (Å²) in [4.78, 5) is 9.86. The summed E-state index contributed by atoms with van der Waals surface area (Å²) in [5.74, 6) is 0. The number of carbonyl (C=O) groups is 1. The predicted octanol–water partition coefficient (Wildman–Crippen LogP) is 2.92. The highest BCUT2D eigenvalue weighted by atomic mass is 16.1. The van der Waals surface area contributed by atoms with Gasteiger partial charge in [0.15, 0.2) is 0 Å². The second kappa shape index (κ2) is 9.69. The highest BCUT2D eigenvalue weighted by Gasteiger charge is 1.81. The maximum absolute atomic E-state index is 9.86. The van der Waals surface area contributed by atoms with E-state index < -0.39 is 0 Å². The Morgan fingerprint density at radius 2 is 1.67 bits per heavy atom. The molecule has 1 N–H and O–H groups in total. The Morgan fingerprint density at radius 3 is 2.08 bits per heavy atom. The van der Waals surface area contributed by atoms with Crippen LogP contribution in [0.2, 0.25) is 0 Å². The van der Waals surface area contributed by atoms with Gasteiger partial charge >= 0.3 is 0 Å². The van der Waals surface area contributed by atoms with Gasteiger partial charge < -0.3 is 5.32 Å². The number of para-hydroxylation sites is 1. The zero-order valence-corrected chi connectivity index (χ0v) is 6.87. The zero-order chi connectivity index (χ0) is 8.53. The monoisotopic (exact) mass is 167 g/mol. The van der Waals surface area contributed by atoms with Gasteiger partial charge in [0.25, 0.3) is 0 Å². The van der Waals surface area contributed by atoms with Crippen LogP contribution in [0.15, 0.2) is 30.3 Å². The van der Waals surface area contributed by atoms with Crippen LogP contribution in [0.4, 0.5) is 5.69 Å². The number of carbonyl (C=O) groups excluding carboxylic acids is 1. The van der Waals surface area contributed by atoms with Gasteiger partial charge in [-0.15, -0.1) is 0 Å². The lowest BCUT2D eigenvalue weighted by atomic mass is 10.3. The molecule has 0 radical (unpaired) electrons. The molecule has 0 bridgehead atoms. The number of hydrogen-bond acceptors (Lipinski definition) is 1. The van der Waals surface area contributed by atoms with Gasteiger partial charge in [0, 0.05) is 5.69 Å². The first-order chi connectivity index (χ1) is 5.43. The van der Waals surface area contributed by atoms with Gasteiger partial charge in [-0.05, 0) is 12.1 Å². The molecule has 0 saturated heterocycles. The Bertz CT molecular complexity index is 184. The smallest absolute Gasteiger partial charge is 0.211 e. The molecule has 0 aromatic heterocycles. The largest absolute Gasteiger partial charge is 0.329 e. The molecule has 0 saturated carbocycles. The average molecular weight is 167 g/mol. The molecule has 1 rings (SSSR count). The molecular weight excluding hydrogens is 150 g/mol. The van der Waals surface area contributed by atoms with Gasteiger partial charge in [0.1, 0.15) is 0 Å². The molecule has 2 nitrogen and oxygen atoms in total. The van der Waals surface area contributed by atoms with Crippen molar-refractivity contribution in [1.29, 1.82) is 0 Å². The second-order valence-corrected chi connectivity index (χ2v) is 1.63. The first-order valence-corrected chi connectivity index (χ1v) is 3.69. The SMILES string of the molecule is C.CC.O=CNc1ccccc1. The van der Waals surface area contributed by atoms with Gasteiger partial charge in [-0.1, -0.05) is 39.5 Å². The Kier molecular flexibility index (Phi) is 10.7. The topological polar surface area (TPSA) is 29.1 Å². The summed E-state index contributed by atoms with van der Waals surface area (Å²) in [6.07, 6.45) is 0.662. The number of rotatable bonds is 2. The third-order valence-electron chi connectivity index (χ3n) is 0.999. The van der Waals surface area contributed by atoms with Gasteiger partial charge in [0.05, 0.1) is 0 Å².